The lowest BCUT2D eigenvalue weighted by Gasteiger charge is -2.47. The molecule has 2 rings (SSSR count). The van der Waals surface area contributed by atoms with Crippen LogP contribution in [0.1, 0.15) is 88.1 Å². The van der Waals surface area contributed by atoms with Crippen molar-refractivity contribution in [2.45, 2.75) is 174 Å². The van der Waals surface area contributed by atoms with E-state index in [4.69, 9.17) is 32.3 Å². The van der Waals surface area contributed by atoms with E-state index in [9.17, 15) is 15.0 Å². The zero-order valence-corrected chi connectivity index (χ0v) is 42.5. The molecule has 0 unspecified atom stereocenters. The number of ether oxygens (including phenoxy) is 3. The van der Waals surface area contributed by atoms with Gasteiger partial charge in [0.25, 0.3) is 0 Å². The highest BCUT2D eigenvalue weighted by Crippen LogP contribution is 2.52. The molecule has 0 spiro atoms. The van der Waals surface area contributed by atoms with Gasteiger partial charge in [0.1, 0.15) is 11.4 Å². The second-order valence-corrected chi connectivity index (χ2v) is 35.5. The summed E-state index contributed by atoms with van der Waals surface area (Å²) in [5.41, 5.74) is 0.246. The van der Waals surface area contributed by atoms with E-state index in [0.29, 0.717) is 13.2 Å². The highest BCUT2D eigenvalue weighted by Gasteiger charge is 2.65. The average Bonchev–Trinajstić information content (AvgIpc) is 3.78. The maximum absolute atomic E-state index is 13.2. The first-order valence-electron chi connectivity index (χ1n) is 20.8. The normalized spacial score (nSPS) is 21.7. The van der Waals surface area contributed by atoms with Crippen LogP contribution in [-0.4, -0.2) is 117 Å². The van der Waals surface area contributed by atoms with Gasteiger partial charge in [0.2, 0.25) is 5.91 Å². The molecule has 2 N–H and O–H groups in total. The summed E-state index contributed by atoms with van der Waals surface area (Å²) in [6.07, 6.45) is -3.53. The Kier molecular flexibility index (Phi) is 17.9. The summed E-state index contributed by atoms with van der Waals surface area (Å²) in [6, 6.07) is 7.85. The zero-order valence-electron chi connectivity index (χ0n) is 39.5. The number of rotatable bonds is 22. The van der Waals surface area contributed by atoms with Crippen molar-refractivity contribution in [3.63, 3.8) is 0 Å². The van der Waals surface area contributed by atoms with Crippen molar-refractivity contribution in [3.8, 4) is 5.75 Å². The molecule has 1 aliphatic heterocycles. The number of hydrogen-bond acceptors (Lipinski definition) is 10. The van der Waals surface area contributed by atoms with Gasteiger partial charge in [-0.25, -0.2) is 5.06 Å². The summed E-state index contributed by atoms with van der Waals surface area (Å²) >= 11 is 0. The van der Waals surface area contributed by atoms with Gasteiger partial charge in [-0.05, 0) is 79.0 Å². The van der Waals surface area contributed by atoms with Crippen LogP contribution >= 0.6 is 0 Å². The van der Waals surface area contributed by atoms with Gasteiger partial charge in [-0.3, -0.25) is 9.63 Å². The van der Waals surface area contributed by atoms with Gasteiger partial charge in [0, 0.05) is 38.0 Å². The van der Waals surface area contributed by atoms with E-state index in [0.717, 1.165) is 16.4 Å². The molecule has 1 aromatic rings. The van der Waals surface area contributed by atoms with Crippen molar-refractivity contribution < 1.29 is 47.3 Å². The fourth-order valence-corrected chi connectivity index (χ4v) is 9.65. The Bertz CT molecular complexity index is 1410. The second kappa shape index (κ2) is 19.7. The molecule has 11 nitrogen and oxygen atoms in total. The van der Waals surface area contributed by atoms with Crippen LogP contribution in [0.15, 0.2) is 24.3 Å². The Morgan fingerprint density at radius 1 is 0.807 bits per heavy atom. The number of carbonyl (C=O) groups excluding carboxylic acids is 1. The van der Waals surface area contributed by atoms with Crippen molar-refractivity contribution in [1.29, 1.82) is 0 Å². The van der Waals surface area contributed by atoms with Gasteiger partial charge < -0.3 is 37.7 Å². The minimum Gasteiger partial charge on any atom is -0.497 e. The predicted octanol–water partition coefficient (Wildman–Crippen LogP) is 8.80. The monoisotopic (exact) mass is 858 g/mol. The number of epoxide rings is 1. The molecule has 332 valence electrons. The van der Waals surface area contributed by atoms with Gasteiger partial charge in [-0.1, -0.05) is 81.4 Å². The molecule has 0 aliphatic carbocycles. The lowest BCUT2D eigenvalue weighted by atomic mass is 9.78. The Morgan fingerprint density at radius 2 is 1.28 bits per heavy atom. The van der Waals surface area contributed by atoms with Crippen molar-refractivity contribution in [2.75, 3.05) is 41.1 Å². The maximum atomic E-state index is 13.2. The van der Waals surface area contributed by atoms with E-state index in [1.54, 1.807) is 7.11 Å². The van der Waals surface area contributed by atoms with Gasteiger partial charge in [0.15, 0.2) is 25.0 Å². The lowest BCUT2D eigenvalue weighted by molar-refractivity contribution is -0.173. The molecule has 1 fully saturated rings. The van der Waals surface area contributed by atoms with Gasteiger partial charge in [-0.2, -0.15) is 0 Å². The third kappa shape index (κ3) is 13.7. The van der Waals surface area contributed by atoms with Crippen LogP contribution in [0.3, 0.4) is 0 Å². The molecular weight excluding hydrogens is 775 g/mol. The van der Waals surface area contributed by atoms with Crippen LogP contribution < -0.4 is 4.74 Å². The standard InChI is InChI=1S/C43H83NO10Si3/c1-30(26-50-27-31-21-23-32(48-13)24-22-31)38-43(11,53-38)39(54-57(19,20)42(8,9)10)34(29-52-56(17,18)41(5,6)7)37(47)33(28-51-55(15,16)40(2,3)4)35(45)25-36(46)44(12)49-14/h21-24,30,33-35,37-39,45,47H,25-29H2,1-20H3/t30-,33-,34-,35+,37-,38+,39-,43-/m0/s1. The Morgan fingerprint density at radius 3 is 1.72 bits per heavy atom. The number of benzene rings is 1. The molecule has 1 saturated heterocycles. The van der Waals surface area contributed by atoms with E-state index in [-0.39, 0.29) is 46.8 Å². The minimum absolute atomic E-state index is 0.00312. The van der Waals surface area contributed by atoms with Gasteiger partial charge >= 0.3 is 0 Å². The molecule has 0 saturated carbocycles. The van der Waals surface area contributed by atoms with E-state index < -0.39 is 66.6 Å². The number of amides is 1. The quantitative estimate of drug-likeness (QED) is 0.0664. The Labute approximate surface area is 350 Å². The fraction of sp³-hybridized carbons (Fsp3) is 0.837. The first-order chi connectivity index (χ1) is 25.8. The van der Waals surface area contributed by atoms with Crippen LogP contribution in [0.4, 0.5) is 0 Å². The summed E-state index contributed by atoms with van der Waals surface area (Å²) in [5, 5.41) is 25.6. The van der Waals surface area contributed by atoms with E-state index in [2.05, 4.69) is 115 Å². The molecule has 14 heteroatoms. The van der Waals surface area contributed by atoms with E-state index in [1.165, 1.54) is 14.2 Å². The van der Waals surface area contributed by atoms with Crippen LogP contribution in [0.5, 0.6) is 5.75 Å². The van der Waals surface area contributed by atoms with Crippen LogP contribution in [0, 0.1) is 17.8 Å². The van der Waals surface area contributed by atoms with Gasteiger partial charge in [0.05, 0.1) is 58.3 Å². The van der Waals surface area contributed by atoms with Gasteiger partial charge in [-0.15, -0.1) is 0 Å². The smallest absolute Gasteiger partial charge is 0.248 e. The molecule has 57 heavy (non-hydrogen) atoms. The summed E-state index contributed by atoms with van der Waals surface area (Å²) in [6.45, 7) is 38.2. The SMILES string of the molecule is COc1ccc(COC[C@H](C)[C@H]2O[C@]2(C)[C@@H](O[Si](C)(C)C(C)(C)C)[C@@H](CO[Si](C)(C)C(C)(C)C)[C@@H](O)[C@@H](CO[Si](C)(C)C(C)(C)C)[C@H](O)CC(=O)N(C)OC)cc1. The molecule has 0 aromatic heterocycles. The number of hydrogen-bond donors (Lipinski definition) is 2. The third-order valence-corrected chi connectivity index (χ3v) is 27.1. The van der Waals surface area contributed by atoms with Crippen molar-refractivity contribution in [2.24, 2.45) is 17.8 Å². The third-order valence-electron chi connectivity index (χ3n) is 13.7. The second-order valence-electron chi connectivity index (χ2n) is 21.2. The first kappa shape index (κ1) is 52.0. The zero-order chi connectivity index (χ0) is 44.2. The molecular formula is C43H83NO10Si3. The topological polar surface area (TPSA) is 129 Å². The maximum Gasteiger partial charge on any atom is 0.248 e. The molecule has 8 atom stereocenters. The molecule has 0 radical (unpaired) electrons. The molecule has 1 aromatic carbocycles. The van der Waals surface area contributed by atoms with Crippen molar-refractivity contribution in [1.82, 2.24) is 5.06 Å². The molecule has 0 bridgehead atoms. The Hall–Kier alpha value is -1.18. The Balaban J connectivity index is 2.68. The number of methoxy groups -OCH3 is 1. The van der Waals surface area contributed by atoms with Crippen molar-refractivity contribution >= 4 is 30.9 Å². The number of nitrogens with zero attached hydrogens (tertiary/aromatic N) is 1. The molecule has 1 amide bonds. The van der Waals surface area contributed by atoms with E-state index in [1.807, 2.05) is 24.3 Å². The van der Waals surface area contributed by atoms with E-state index >= 15 is 0 Å². The van der Waals surface area contributed by atoms with Crippen molar-refractivity contribution in [3.05, 3.63) is 29.8 Å². The summed E-state index contributed by atoms with van der Waals surface area (Å²) < 4.78 is 39.5. The molecule has 1 heterocycles. The summed E-state index contributed by atoms with van der Waals surface area (Å²) in [5.74, 6) is -1.10. The summed E-state index contributed by atoms with van der Waals surface area (Å²) in [7, 11) is -2.66. The van der Waals surface area contributed by atoms with Crippen LogP contribution in [0.2, 0.25) is 54.4 Å². The fourth-order valence-electron chi connectivity index (χ4n) is 6.17. The molecule has 1 aliphatic rings. The minimum atomic E-state index is -2.52. The van der Waals surface area contributed by atoms with Crippen LogP contribution in [-0.2, 0) is 39.0 Å². The number of aliphatic hydroxyl groups excluding tert-OH is 2. The largest absolute Gasteiger partial charge is 0.497 e. The average molecular weight is 858 g/mol. The highest BCUT2D eigenvalue weighted by molar-refractivity contribution is 6.75. The number of carbonyl (C=O) groups is 1. The number of hydroxylamine groups is 2. The number of aliphatic hydroxyl groups is 2. The lowest BCUT2D eigenvalue weighted by Crippen LogP contribution is -2.58. The predicted molar refractivity (Wildman–Crippen MR) is 237 cm³/mol. The van der Waals surface area contributed by atoms with Crippen LogP contribution in [0.25, 0.3) is 0 Å². The summed E-state index contributed by atoms with van der Waals surface area (Å²) in [4.78, 5) is 18.4. The first-order valence-corrected chi connectivity index (χ1v) is 29.5. The highest BCUT2D eigenvalue weighted by atomic mass is 28.4.